The highest BCUT2D eigenvalue weighted by atomic mass is 35.5. The molecule has 0 bridgehead atoms. The minimum absolute atomic E-state index is 0.223. The average molecular weight is 470 g/mol. The number of benzene rings is 3. The van der Waals surface area contributed by atoms with E-state index in [9.17, 15) is 18.4 Å². The van der Waals surface area contributed by atoms with E-state index in [1.165, 1.54) is 0 Å². The molecule has 3 aromatic rings. The summed E-state index contributed by atoms with van der Waals surface area (Å²) in [6, 6.07) is 10.5. The molecule has 0 aliphatic carbocycles. The number of carbonyl (C=O) groups is 2. The Hall–Kier alpha value is -3.96. The summed E-state index contributed by atoms with van der Waals surface area (Å²) in [5, 5.41) is 13.6. The Morgan fingerprint density at radius 2 is 1.70 bits per heavy atom. The predicted molar refractivity (Wildman–Crippen MR) is 120 cm³/mol. The van der Waals surface area contributed by atoms with Crippen molar-refractivity contribution in [1.29, 1.82) is 5.26 Å². The van der Waals surface area contributed by atoms with Crippen molar-refractivity contribution >= 4 is 29.2 Å². The van der Waals surface area contributed by atoms with Gasteiger partial charge >= 0.3 is 6.03 Å². The van der Waals surface area contributed by atoms with Crippen LogP contribution in [-0.2, 0) is 0 Å². The fourth-order valence-electron chi connectivity index (χ4n) is 3.08. The van der Waals surface area contributed by atoms with Crippen LogP contribution < -0.4 is 15.4 Å². The van der Waals surface area contributed by atoms with Gasteiger partial charge in [-0.1, -0.05) is 17.7 Å². The Kier molecular flexibility index (Phi) is 6.95. The van der Waals surface area contributed by atoms with Crippen molar-refractivity contribution in [3.05, 3.63) is 86.9 Å². The molecule has 0 atom stereocenters. The molecule has 3 amide bonds. The van der Waals surface area contributed by atoms with Crippen molar-refractivity contribution in [1.82, 2.24) is 5.32 Å². The van der Waals surface area contributed by atoms with Crippen LogP contribution in [0.15, 0.2) is 42.5 Å². The highest BCUT2D eigenvalue weighted by Crippen LogP contribution is 2.39. The molecule has 0 aromatic heterocycles. The summed E-state index contributed by atoms with van der Waals surface area (Å²) in [4.78, 5) is 24.4. The molecule has 0 aliphatic heterocycles. The second-order valence-electron chi connectivity index (χ2n) is 7.21. The number of aryl methyl sites for hydroxylation is 2. The molecule has 0 saturated heterocycles. The van der Waals surface area contributed by atoms with Crippen LogP contribution in [0.3, 0.4) is 0 Å². The third-order valence-corrected chi connectivity index (χ3v) is 5.29. The second-order valence-corrected chi connectivity index (χ2v) is 7.59. The number of rotatable bonds is 4. The van der Waals surface area contributed by atoms with Crippen LogP contribution in [0.5, 0.6) is 11.5 Å². The zero-order valence-electron chi connectivity index (χ0n) is 17.8. The van der Waals surface area contributed by atoms with Gasteiger partial charge in [0.2, 0.25) is 0 Å². The summed E-state index contributed by atoms with van der Waals surface area (Å²) in [5.74, 6) is -2.53. The van der Waals surface area contributed by atoms with Crippen LogP contribution in [0.1, 0.15) is 32.6 Å². The number of anilines is 1. The number of nitriles is 1. The number of halogens is 3. The van der Waals surface area contributed by atoms with Gasteiger partial charge in [-0.05, 0) is 73.9 Å². The smallest absolute Gasteiger partial charge is 0.326 e. The fraction of sp³-hybridized carbons (Fsp3) is 0.125. The zero-order valence-corrected chi connectivity index (χ0v) is 18.6. The maximum absolute atomic E-state index is 13.8. The van der Waals surface area contributed by atoms with E-state index in [0.29, 0.717) is 28.2 Å². The highest BCUT2D eigenvalue weighted by Gasteiger charge is 2.21. The van der Waals surface area contributed by atoms with E-state index >= 15 is 0 Å². The average Bonchev–Trinajstić information content (AvgIpc) is 2.75. The number of hydrogen-bond donors (Lipinski definition) is 2. The summed E-state index contributed by atoms with van der Waals surface area (Å²) in [6.45, 7) is 5.14. The molecule has 0 spiro atoms. The molecule has 33 heavy (non-hydrogen) atoms. The van der Waals surface area contributed by atoms with Crippen LogP contribution >= 0.6 is 11.6 Å². The minimum Gasteiger partial charge on any atom is -0.455 e. The lowest BCUT2D eigenvalue weighted by Gasteiger charge is -2.17. The number of imide groups is 1. The molecule has 0 unspecified atom stereocenters. The van der Waals surface area contributed by atoms with Crippen LogP contribution in [-0.4, -0.2) is 11.9 Å². The van der Waals surface area contributed by atoms with E-state index < -0.39 is 29.1 Å². The molecule has 0 fully saturated rings. The summed E-state index contributed by atoms with van der Waals surface area (Å²) >= 11 is 6.48. The molecule has 0 heterocycles. The Morgan fingerprint density at radius 1 is 1.03 bits per heavy atom. The minimum atomic E-state index is -1.22. The Balaban J connectivity index is 1.81. The summed E-state index contributed by atoms with van der Waals surface area (Å²) < 4.78 is 33.5. The number of amides is 3. The van der Waals surface area contributed by atoms with Gasteiger partial charge in [0.1, 0.15) is 28.7 Å². The molecule has 0 saturated carbocycles. The fourth-order valence-corrected chi connectivity index (χ4v) is 3.37. The van der Waals surface area contributed by atoms with Gasteiger partial charge in [-0.15, -0.1) is 0 Å². The molecule has 0 radical (unpaired) electrons. The molecule has 6 nitrogen and oxygen atoms in total. The molecule has 168 valence electrons. The van der Waals surface area contributed by atoms with Gasteiger partial charge in [0.15, 0.2) is 0 Å². The first-order chi connectivity index (χ1) is 15.6. The first kappa shape index (κ1) is 23.7. The Labute approximate surface area is 193 Å². The third-order valence-electron chi connectivity index (χ3n) is 4.83. The van der Waals surface area contributed by atoms with E-state index in [-0.39, 0.29) is 10.7 Å². The quantitative estimate of drug-likeness (QED) is 0.478. The van der Waals surface area contributed by atoms with E-state index in [0.717, 1.165) is 23.8 Å². The topological polar surface area (TPSA) is 91.2 Å². The number of nitrogens with one attached hydrogen (secondary N) is 2. The number of hydrogen-bond acceptors (Lipinski definition) is 4. The molecular formula is C24H18ClF2N3O3. The van der Waals surface area contributed by atoms with Gasteiger partial charge < -0.3 is 10.1 Å². The maximum atomic E-state index is 13.8. The molecular weight excluding hydrogens is 452 g/mol. The van der Waals surface area contributed by atoms with Crippen molar-refractivity contribution in [3.8, 4) is 17.6 Å². The van der Waals surface area contributed by atoms with E-state index in [1.54, 1.807) is 45.0 Å². The van der Waals surface area contributed by atoms with Crippen molar-refractivity contribution in [2.75, 3.05) is 5.32 Å². The van der Waals surface area contributed by atoms with E-state index in [1.807, 2.05) is 5.32 Å². The maximum Gasteiger partial charge on any atom is 0.326 e. The van der Waals surface area contributed by atoms with Crippen LogP contribution in [0.25, 0.3) is 0 Å². The number of ether oxygens (including phenoxy) is 1. The highest BCUT2D eigenvalue weighted by molar-refractivity contribution is 6.33. The predicted octanol–water partition coefficient (Wildman–Crippen LogP) is 6.17. The van der Waals surface area contributed by atoms with Crippen LogP contribution in [0.4, 0.5) is 19.3 Å². The van der Waals surface area contributed by atoms with Crippen molar-refractivity contribution in [3.63, 3.8) is 0 Å². The Bertz CT molecular complexity index is 1300. The second kappa shape index (κ2) is 9.67. The third kappa shape index (κ3) is 5.10. The lowest BCUT2D eigenvalue weighted by atomic mass is 10.1. The van der Waals surface area contributed by atoms with E-state index in [2.05, 4.69) is 11.4 Å². The lowest BCUT2D eigenvalue weighted by Crippen LogP contribution is -2.35. The molecule has 9 heteroatoms. The molecule has 0 aliphatic rings. The van der Waals surface area contributed by atoms with Crippen molar-refractivity contribution in [2.45, 2.75) is 20.8 Å². The van der Waals surface area contributed by atoms with Crippen molar-refractivity contribution in [2.24, 2.45) is 0 Å². The summed E-state index contributed by atoms with van der Waals surface area (Å²) in [6.07, 6.45) is 0. The largest absolute Gasteiger partial charge is 0.455 e. The van der Waals surface area contributed by atoms with Gasteiger partial charge in [0.25, 0.3) is 5.91 Å². The molecule has 3 rings (SSSR count). The first-order valence-corrected chi connectivity index (χ1v) is 10.0. The van der Waals surface area contributed by atoms with Crippen LogP contribution in [0, 0.1) is 43.7 Å². The monoisotopic (exact) mass is 469 g/mol. The Morgan fingerprint density at radius 3 is 2.30 bits per heavy atom. The molecule has 3 aromatic carbocycles. The van der Waals surface area contributed by atoms with Gasteiger partial charge in [0.05, 0.1) is 16.7 Å². The molecule has 2 N–H and O–H groups in total. The lowest BCUT2D eigenvalue weighted by molar-refractivity contribution is 0.0959. The summed E-state index contributed by atoms with van der Waals surface area (Å²) in [5.41, 5.74) is 1.68. The first-order valence-electron chi connectivity index (χ1n) is 9.67. The zero-order chi connectivity index (χ0) is 24.3. The summed E-state index contributed by atoms with van der Waals surface area (Å²) in [7, 11) is 0. The number of nitrogens with zero attached hydrogens (tertiary/aromatic N) is 1. The van der Waals surface area contributed by atoms with Gasteiger partial charge in [-0.3, -0.25) is 10.1 Å². The SMILES string of the molecule is Cc1cc(C#N)ccc1Oc1c(C)cc(NC(=O)NC(=O)c2c(F)cccc2F)c(C)c1Cl. The number of carbonyl (C=O) groups excluding carboxylic acids is 2. The van der Waals surface area contributed by atoms with Crippen LogP contribution in [0.2, 0.25) is 5.02 Å². The van der Waals surface area contributed by atoms with Gasteiger partial charge in [-0.2, -0.15) is 5.26 Å². The standard InChI is InChI=1S/C24H18ClF2N3O3/c1-12-9-15(11-28)7-8-19(12)33-22-13(2)10-18(14(3)21(22)25)29-24(32)30-23(31)20-16(26)5-4-6-17(20)27/h4-10H,1-3H3,(H2,29,30,31,32). The number of urea groups is 1. The van der Waals surface area contributed by atoms with E-state index in [4.69, 9.17) is 21.6 Å². The van der Waals surface area contributed by atoms with Gasteiger partial charge in [-0.25, -0.2) is 13.6 Å². The normalized spacial score (nSPS) is 10.3. The van der Waals surface area contributed by atoms with Crippen molar-refractivity contribution < 1.29 is 23.1 Å². The van der Waals surface area contributed by atoms with Gasteiger partial charge in [0, 0.05) is 5.69 Å².